The van der Waals surface area contributed by atoms with E-state index in [2.05, 4.69) is 10.6 Å². The van der Waals surface area contributed by atoms with E-state index in [1.165, 1.54) is 17.0 Å². The number of methoxy groups -OCH3 is 1. The van der Waals surface area contributed by atoms with Gasteiger partial charge in [-0.15, -0.1) is 0 Å². The number of ether oxygens (including phenoxy) is 2. The number of carbonyl (C=O) groups excluding carboxylic acids is 3. The number of hydrogen-bond acceptors (Lipinski definition) is 6. The number of nitrogens with one attached hydrogen (secondary N) is 2. The summed E-state index contributed by atoms with van der Waals surface area (Å²) in [5.41, 5.74) is 3.05. The number of hydrogen-bond donors (Lipinski definition) is 3. The van der Waals surface area contributed by atoms with Crippen molar-refractivity contribution in [3.05, 3.63) is 89.0 Å². The summed E-state index contributed by atoms with van der Waals surface area (Å²) < 4.78 is 10.7. The van der Waals surface area contributed by atoms with Crippen LogP contribution in [0.1, 0.15) is 62.4 Å². The molecular formula is C34H43N3O6. The number of aryl methyl sites for hydroxylation is 2. The van der Waals surface area contributed by atoms with Crippen molar-refractivity contribution >= 4 is 23.6 Å². The second kappa shape index (κ2) is 14.6. The highest BCUT2D eigenvalue weighted by atomic mass is 16.6. The smallest absolute Gasteiger partial charge is 0.408 e. The molecular weight excluding hydrogens is 546 g/mol. The summed E-state index contributed by atoms with van der Waals surface area (Å²) in [4.78, 5) is 42.9. The van der Waals surface area contributed by atoms with Crippen molar-refractivity contribution in [1.82, 2.24) is 10.2 Å². The summed E-state index contributed by atoms with van der Waals surface area (Å²) in [6.07, 6.45) is -0.0499. The van der Waals surface area contributed by atoms with Gasteiger partial charge < -0.3 is 30.1 Å². The van der Waals surface area contributed by atoms with E-state index in [1.807, 2.05) is 39.0 Å². The van der Waals surface area contributed by atoms with Gasteiger partial charge in [-0.3, -0.25) is 9.59 Å². The van der Waals surface area contributed by atoms with Crippen LogP contribution in [-0.2, 0) is 20.7 Å². The third-order valence-electron chi connectivity index (χ3n) is 6.59. The van der Waals surface area contributed by atoms with E-state index in [-0.39, 0.29) is 18.7 Å². The van der Waals surface area contributed by atoms with E-state index >= 15 is 0 Å². The first-order valence-electron chi connectivity index (χ1n) is 14.4. The third-order valence-corrected chi connectivity index (χ3v) is 6.59. The Balaban J connectivity index is 2.06. The fourth-order valence-electron chi connectivity index (χ4n) is 4.85. The van der Waals surface area contributed by atoms with Crippen LogP contribution in [-0.4, -0.2) is 53.2 Å². The van der Waals surface area contributed by atoms with Gasteiger partial charge >= 0.3 is 6.09 Å². The van der Waals surface area contributed by atoms with Crippen molar-refractivity contribution in [1.29, 1.82) is 0 Å². The molecule has 0 saturated carbocycles. The molecule has 3 N–H and O–H groups in total. The minimum atomic E-state index is -1.05. The molecule has 2 atom stereocenters. The quantitative estimate of drug-likeness (QED) is 0.250. The highest BCUT2D eigenvalue weighted by Crippen LogP contribution is 2.28. The lowest BCUT2D eigenvalue weighted by atomic mass is 9.97. The van der Waals surface area contributed by atoms with Gasteiger partial charge in [-0.1, -0.05) is 48.4 Å². The molecule has 43 heavy (non-hydrogen) atoms. The number of phenolic OH excluding ortho intramolecular Hbond substituents is 1. The van der Waals surface area contributed by atoms with Crippen molar-refractivity contribution in [2.24, 2.45) is 0 Å². The first-order valence-corrected chi connectivity index (χ1v) is 14.4. The molecule has 9 heteroatoms. The van der Waals surface area contributed by atoms with Crippen LogP contribution in [0.2, 0.25) is 0 Å². The summed E-state index contributed by atoms with van der Waals surface area (Å²) in [7, 11) is 1.57. The van der Waals surface area contributed by atoms with Gasteiger partial charge in [0.25, 0.3) is 5.91 Å². The van der Waals surface area contributed by atoms with Crippen LogP contribution in [0.3, 0.4) is 0 Å². The normalized spacial score (nSPS) is 12.5. The summed E-state index contributed by atoms with van der Waals surface area (Å²) >= 11 is 0. The summed E-state index contributed by atoms with van der Waals surface area (Å²) in [6, 6.07) is 17.2. The number of carbonyl (C=O) groups is 3. The second-order valence-electron chi connectivity index (χ2n) is 11.6. The maximum atomic E-state index is 14.4. The van der Waals surface area contributed by atoms with Crippen molar-refractivity contribution < 1.29 is 29.0 Å². The van der Waals surface area contributed by atoms with E-state index in [0.717, 1.165) is 11.1 Å². The van der Waals surface area contributed by atoms with Gasteiger partial charge in [-0.25, -0.2) is 4.79 Å². The van der Waals surface area contributed by atoms with Gasteiger partial charge in [0.15, 0.2) is 0 Å². The number of alkyl carbamates (subject to hydrolysis) is 1. The van der Waals surface area contributed by atoms with Crippen molar-refractivity contribution in [2.75, 3.05) is 19.0 Å². The molecule has 0 aliphatic heterocycles. The number of amides is 3. The number of phenols is 1. The van der Waals surface area contributed by atoms with Crippen LogP contribution in [0.15, 0.2) is 66.7 Å². The van der Waals surface area contributed by atoms with Gasteiger partial charge in [-0.2, -0.15) is 0 Å². The van der Waals surface area contributed by atoms with E-state index in [1.54, 1.807) is 64.3 Å². The molecule has 2 unspecified atom stereocenters. The maximum absolute atomic E-state index is 14.4. The molecule has 0 radical (unpaired) electrons. The van der Waals surface area contributed by atoms with E-state index in [9.17, 15) is 19.5 Å². The molecule has 0 heterocycles. The first kappa shape index (κ1) is 33.0. The summed E-state index contributed by atoms with van der Waals surface area (Å²) in [5.74, 6) is -0.0891. The van der Waals surface area contributed by atoms with Crippen LogP contribution < -0.4 is 15.4 Å². The molecule has 0 spiro atoms. The van der Waals surface area contributed by atoms with Crippen molar-refractivity contribution in [2.45, 2.75) is 72.1 Å². The van der Waals surface area contributed by atoms with Crippen molar-refractivity contribution in [3.63, 3.8) is 0 Å². The summed E-state index contributed by atoms with van der Waals surface area (Å²) in [6.45, 7) is 11.3. The van der Waals surface area contributed by atoms with Crippen molar-refractivity contribution in [3.8, 4) is 11.5 Å². The molecule has 0 bridgehead atoms. The van der Waals surface area contributed by atoms with E-state index < -0.39 is 35.6 Å². The van der Waals surface area contributed by atoms with E-state index in [0.29, 0.717) is 29.0 Å². The Morgan fingerprint density at radius 2 is 1.53 bits per heavy atom. The summed E-state index contributed by atoms with van der Waals surface area (Å²) in [5, 5.41) is 15.5. The van der Waals surface area contributed by atoms with Gasteiger partial charge in [0.1, 0.15) is 29.2 Å². The predicted octanol–water partition coefficient (Wildman–Crippen LogP) is 6.07. The number of rotatable bonds is 11. The average molecular weight is 590 g/mol. The minimum Gasteiger partial charge on any atom is -0.508 e. The second-order valence-corrected chi connectivity index (χ2v) is 11.6. The monoisotopic (exact) mass is 589 g/mol. The van der Waals surface area contributed by atoms with E-state index in [4.69, 9.17) is 9.47 Å². The Labute approximate surface area is 254 Å². The average Bonchev–Trinajstić information content (AvgIpc) is 2.92. The Kier molecular flexibility index (Phi) is 11.2. The van der Waals surface area contributed by atoms with Crippen LogP contribution in [0.4, 0.5) is 10.5 Å². The number of anilines is 1. The Hall–Kier alpha value is -4.53. The molecule has 0 aliphatic rings. The first-order chi connectivity index (χ1) is 20.3. The molecule has 0 aliphatic carbocycles. The standard InChI is InChI=1S/C34H43N3O6/c1-8-17-37(32(40)29(36-33(41)43-34(4,5)6)21-24-9-13-27(38)14-10-24)30(25-19-22(2)18-23(3)20-25)31(39)35-26-11-15-28(42-7)16-12-26/h9-16,18-20,29-30,38H,8,17,21H2,1-7H3,(H,35,39)(H,36,41). The lowest BCUT2D eigenvalue weighted by Gasteiger charge is -2.34. The molecule has 0 aromatic heterocycles. The number of nitrogens with zero attached hydrogens (tertiary/aromatic N) is 1. The maximum Gasteiger partial charge on any atom is 0.408 e. The molecule has 3 aromatic carbocycles. The Morgan fingerprint density at radius 3 is 2.07 bits per heavy atom. The van der Waals surface area contributed by atoms with Gasteiger partial charge in [0, 0.05) is 18.7 Å². The van der Waals surface area contributed by atoms with Crippen LogP contribution in [0.5, 0.6) is 11.5 Å². The Bertz CT molecular complexity index is 1380. The molecule has 3 rings (SSSR count). The van der Waals surface area contributed by atoms with Gasteiger partial charge in [0.2, 0.25) is 5.91 Å². The van der Waals surface area contributed by atoms with Crippen LogP contribution in [0.25, 0.3) is 0 Å². The van der Waals surface area contributed by atoms with Crippen LogP contribution in [0, 0.1) is 13.8 Å². The highest BCUT2D eigenvalue weighted by molar-refractivity contribution is 5.99. The molecule has 0 saturated heterocycles. The number of benzene rings is 3. The number of aromatic hydroxyl groups is 1. The molecule has 3 aromatic rings. The fraction of sp³-hybridized carbons (Fsp3) is 0.382. The largest absolute Gasteiger partial charge is 0.508 e. The predicted molar refractivity (Wildman–Crippen MR) is 167 cm³/mol. The van der Waals surface area contributed by atoms with Crippen LogP contribution >= 0.6 is 0 Å². The lowest BCUT2D eigenvalue weighted by molar-refractivity contribution is -0.140. The minimum absolute atomic E-state index is 0.0874. The third kappa shape index (κ3) is 9.77. The molecule has 3 amide bonds. The van der Waals surface area contributed by atoms with Gasteiger partial charge in [-0.05, 0) is 88.6 Å². The zero-order valence-corrected chi connectivity index (χ0v) is 26.1. The highest BCUT2D eigenvalue weighted by Gasteiger charge is 2.36. The zero-order valence-electron chi connectivity index (χ0n) is 26.1. The lowest BCUT2D eigenvalue weighted by Crippen LogP contribution is -2.53. The Morgan fingerprint density at radius 1 is 0.930 bits per heavy atom. The molecule has 9 nitrogen and oxygen atoms in total. The fourth-order valence-corrected chi connectivity index (χ4v) is 4.85. The SMILES string of the molecule is CCCN(C(=O)C(Cc1ccc(O)cc1)NC(=O)OC(C)(C)C)C(C(=O)Nc1ccc(OC)cc1)c1cc(C)cc(C)c1. The molecule has 0 fully saturated rings. The van der Waals surface area contributed by atoms with Gasteiger partial charge in [0.05, 0.1) is 7.11 Å². The zero-order chi connectivity index (χ0) is 31.7. The molecule has 230 valence electrons. The topological polar surface area (TPSA) is 117 Å².